The van der Waals surface area contributed by atoms with Gasteiger partial charge in [-0.15, -0.1) is 0 Å². The van der Waals surface area contributed by atoms with Crippen LogP contribution in [0.5, 0.6) is 0 Å². The highest BCUT2D eigenvalue weighted by Gasteiger charge is 2.41. The Balaban J connectivity index is 1.91. The van der Waals surface area contributed by atoms with Gasteiger partial charge in [-0.05, 0) is 62.1 Å². The minimum atomic E-state index is -4.54. The van der Waals surface area contributed by atoms with E-state index in [1.165, 1.54) is 0 Å². The number of nitrogens with one attached hydrogen (secondary N) is 2. The number of rotatable bonds is 5. The average molecular weight is 473 g/mol. The summed E-state index contributed by atoms with van der Waals surface area (Å²) in [6.45, 7) is 5.41. The molecule has 2 N–H and O–H groups in total. The van der Waals surface area contributed by atoms with Crippen LogP contribution in [0.3, 0.4) is 0 Å². The van der Waals surface area contributed by atoms with Crippen LogP contribution in [0.15, 0.2) is 45.9 Å². The van der Waals surface area contributed by atoms with Gasteiger partial charge in [0.1, 0.15) is 17.0 Å². The first-order valence-corrected chi connectivity index (χ1v) is 10.6. The molecule has 0 aliphatic heterocycles. The Hall–Kier alpha value is -1.64. The van der Waals surface area contributed by atoms with Gasteiger partial charge in [0.2, 0.25) is 0 Å². The first-order chi connectivity index (χ1) is 13.1. The number of aromatic amines is 1. The molecule has 2 unspecified atom stereocenters. The highest BCUT2D eigenvalue weighted by Crippen LogP contribution is 2.29. The van der Waals surface area contributed by atoms with E-state index in [4.69, 9.17) is 0 Å². The van der Waals surface area contributed by atoms with Gasteiger partial charge in [-0.25, -0.2) is 8.93 Å². The third kappa shape index (κ3) is 4.50. The quantitative estimate of drug-likeness (QED) is 0.495. The number of fused-ring (bicyclic) bond motifs is 1. The Kier molecular flexibility index (Phi) is 6.03. The SMILES string of the molecule is Cc1cc(C)c(S(=O)NC(Cc2c[nH]c3ccc(Br)cc23)C(F)(F)F)c(C)c1. The van der Waals surface area contributed by atoms with Crippen molar-refractivity contribution in [3.05, 3.63) is 63.3 Å². The summed E-state index contributed by atoms with van der Waals surface area (Å²) in [5, 5.41) is 0.707. The average Bonchev–Trinajstić information content (AvgIpc) is 2.94. The van der Waals surface area contributed by atoms with Crippen LogP contribution in [-0.4, -0.2) is 21.4 Å². The standard InChI is InChI=1S/C20H20BrF3N2OS/c1-11-6-12(2)19(13(3)7-11)28(27)26-18(20(22,23)24)8-14-10-25-17-5-4-15(21)9-16(14)17/h4-7,9-10,18,25-26H,8H2,1-3H3. The highest BCUT2D eigenvalue weighted by molar-refractivity contribution is 9.10. The highest BCUT2D eigenvalue weighted by atomic mass is 79.9. The molecule has 0 saturated carbocycles. The van der Waals surface area contributed by atoms with Crippen LogP contribution in [0.4, 0.5) is 13.2 Å². The molecule has 0 aliphatic rings. The summed E-state index contributed by atoms with van der Waals surface area (Å²) < 4.78 is 57.0. The van der Waals surface area contributed by atoms with Crippen LogP contribution in [0.25, 0.3) is 10.9 Å². The molecule has 150 valence electrons. The minimum Gasteiger partial charge on any atom is -0.361 e. The monoisotopic (exact) mass is 472 g/mol. The van der Waals surface area contributed by atoms with Crippen LogP contribution < -0.4 is 4.72 Å². The van der Waals surface area contributed by atoms with Crippen LogP contribution >= 0.6 is 15.9 Å². The summed E-state index contributed by atoms with van der Waals surface area (Å²) in [6, 6.07) is 7.10. The van der Waals surface area contributed by atoms with Gasteiger partial charge in [-0.2, -0.15) is 13.2 Å². The molecule has 28 heavy (non-hydrogen) atoms. The van der Waals surface area contributed by atoms with Crippen LogP contribution in [0.1, 0.15) is 22.3 Å². The molecule has 2 aromatic carbocycles. The summed E-state index contributed by atoms with van der Waals surface area (Å²) in [4.78, 5) is 3.39. The largest absolute Gasteiger partial charge is 0.405 e. The molecule has 3 aromatic rings. The van der Waals surface area contributed by atoms with Crippen molar-refractivity contribution in [3.63, 3.8) is 0 Å². The summed E-state index contributed by atoms with van der Waals surface area (Å²) in [5.74, 6) is 0. The smallest absolute Gasteiger partial charge is 0.361 e. The summed E-state index contributed by atoms with van der Waals surface area (Å²) >= 11 is 3.35. The lowest BCUT2D eigenvalue weighted by atomic mass is 10.1. The molecule has 3 rings (SSSR count). The third-order valence-corrected chi connectivity index (χ3v) is 6.59. The summed E-state index contributed by atoms with van der Waals surface area (Å²) in [5.41, 5.74) is 3.67. The van der Waals surface area contributed by atoms with Crippen molar-refractivity contribution in [2.24, 2.45) is 0 Å². The van der Waals surface area contributed by atoms with Crippen molar-refractivity contribution >= 4 is 37.8 Å². The Labute approximate surface area is 172 Å². The zero-order valence-electron chi connectivity index (χ0n) is 15.6. The summed E-state index contributed by atoms with van der Waals surface area (Å²) in [7, 11) is -1.98. The first-order valence-electron chi connectivity index (χ1n) is 8.64. The predicted molar refractivity (Wildman–Crippen MR) is 110 cm³/mol. The van der Waals surface area contributed by atoms with Crippen molar-refractivity contribution in [1.29, 1.82) is 0 Å². The number of aromatic nitrogens is 1. The lowest BCUT2D eigenvalue weighted by Crippen LogP contribution is -2.44. The first kappa shape index (κ1) is 21.1. The second-order valence-corrected chi connectivity index (χ2v) is 9.01. The zero-order chi connectivity index (χ0) is 20.6. The molecule has 0 bridgehead atoms. The number of halogens is 4. The van der Waals surface area contributed by atoms with Gasteiger partial charge in [0.05, 0.1) is 4.90 Å². The lowest BCUT2D eigenvalue weighted by Gasteiger charge is -2.22. The van der Waals surface area contributed by atoms with Gasteiger partial charge in [0.15, 0.2) is 0 Å². The molecule has 2 atom stereocenters. The van der Waals surface area contributed by atoms with Gasteiger partial charge < -0.3 is 4.98 Å². The maximum atomic E-state index is 13.7. The number of alkyl halides is 3. The second kappa shape index (κ2) is 8.00. The van der Waals surface area contributed by atoms with Crippen LogP contribution in [0, 0.1) is 20.8 Å². The Bertz CT molecular complexity index is 1020. The van der Waals surface area contributed by atoms with E-state index in [1.54, 1.807) is 32.2 Å². The van der Waals surface area contributed by atoms with Gasteiger partial charge in [0.25, 0.3) is 0 Å². The van der Waals surface area contributed by atoms with E-state index >= 15 is 0 Å². The molecular formula is C20H20BrF3N2OS. The van der Waals surface area contributed by atoms with Gasteiger partial charge in [0, 0.05) is 21.6 Å². The van der Waals surface area contributed by atoms with E-state index in [1.807, 2.05) is 25.1 Å². The number of H-pyrrole nitrogens is 1. The summed E-state index contributed by atoms with van der Waals surface area (Å²) in [6.07, 6.45) is -3.30. The fourth-order valence-corrected chi connectivity index (χ4v) is 5.07. The van der Waals surface area contributed by atoms with Crippen molar-refractivity contribution in [2.45, 2.75) is 44.3 Å². The van der Waals surface area contributed by atoms with Crippen molar-refractivity contribution in [2.75, 3.05) is 0 Å². The molecule has 0 aliphatic carbocycles. The van der Waals surface area contributed by atoms with E-state index in [0.717, 1.165) is 15.6 Å². The number of hydrogen-bond acceptors (Lipinski definition) is 1. The van der Waals surface area contributed by atoms with Gasteiger partial charge in [-0.3, -0.25) is 0 Å². The van der Waals surface area contributed by atoms with Crippen LogP contribution in [0.2, 0.25) is 0 Å². The molecule has 0 spiro atoms. The number of benzene rings is 2. The molecule has 0 saturated heterocycles. The fraction of sp³-hybridized carbons (Fsp3) is 0.300. The Morgan fingerprint density at radius 1 is 1.14 bits per heavy atom. The fourth-order valence-electron chi connectivity index (χ4n) is 3.41. The van der Waals surface area contributed by atoms with Crippen molar-refractivity contribution in [1.82, 2.24) is 9.71 Å². The van der Waals surface area contributed by atoms with Gasteiger partial charge in [-0.1, -0.05) is 33.6 Å². The Morgan fingerprint density at radius 2 is 1.79 bits per heavy atom. The Morgan fingerprint density at radius 3 is 2.39 bits per heavy atom. The van der Waals surface area contributed by atoms with E-state index in [2.05, 4.69) is 25.6 Å². The topological polar surface area (TPSA) is 44.9 Å². The lowest BCUT2D eigenvalue weighted by molar-refractivity contribution is -0.150. The molecule has 3 nitrogen and oxygen atoms in total. The van der Waals surface area contributed by atoms with Crippen molar-refractivity contribution in [3.8, 4) is 0 Å². The molecular weight excluding hydrogens is 453 g/mol. The molecule has 8 heteroatoms. The zero-order valence-corrected chi connectivity index (χ0v) is 18.0. The van der Waals surface area contributed by atoms with Gasteiger partial charge >= 0.3 is 6.18 Å². The molecule has 1 aromatic heterocycles. The van der Waals surface area contributed by atoms with Crippen molar-refractivity contribution < 1.29 is 17.4 Å². The number of hydrogen-bond donors (Lipinski definition) is 2. The number of aryl methyl sites for hydroxylation is 3. The van der Waals surface area contributed by atoms with E-state index < -0.39 is 23.2 Å². The maximum absolute atomic E-state index is 13.7. The molecule has 0 amide bonds. The molecule has 0 radical (unpaired) electrons. The minimum absolute atomic E-state index is 0.324. The van der Waals surface area contributed by atoms with E-state index in [0.29, 0.717) is 27.0 Å². The maximum Gasteiger partial charge on any atom is 0.405 e. The molecule has 1 heterocycles. The van der Waals surface area contributed by atoms with E-state index in [9.17, 15) is 17.4 Å². The second-order valence-electron chi connectivity index (χ2n) is 6.92. The van der Waals surface area contributed by atoms with Crippen LogP contribution in [-0.2, 0) is 17.4 Å². The molecule has 0 fully saturated rings. The predicted octanol–water partition coefficient (Wildman–Crippen LogP) is 5.64. The normalized spacial score (nSPS) is 14.4. The third-order valence-electron chi connectivity index (χ3n) is 4.59. The van der Waals surface area contributed by atoms with E-state index in [-0.39, 0.29) is 6.42 Å².